The first kappa shape index (κ1) is 80.3. The fraction of sp³-hybridized carbons (Fsp3) is 0.923. The topological polar surface area (TPSA) is 253 Å². The highest BCUT2D eigenvalue weighted by molar-refractivity contribution is 7.46. The minimum absolute atomic E-state index is 0.0565. The highest BCUT2D eigenvalue weighted by atomic mass is 31.2. The van der Waals surface area contributed by atoms with Crippen LogP contribution in [0.4, 0.5) is 0 Å². The van der Waals surface area contributed by atoms with Crippen LogP contribution in [0.15, 0.2) is 12.2 Å². The zero-order valence-corrected chi connectivity index (χ0v) is 56.2. The van der Waals surface area contributed by atoms with Crippen LogP contribution in [0.5, 0.6) is 0 Å². The SMILES string of the molecule is CCCCCC/C=C\CCCCCCCCCC(=O)N[C@H]1C(OCC2O[C@H](OP=O)[C@H](NC(=O)CC(=O)CCCCCCCCCC)C(OCCCCCCCCCC)[C@@H]2O)OC(COC)[C@@H](OP(=O)(O)O)[C@@H]1OCC[C@@H](CCCCCCC)OC. The van der Waals surface area contributed by atoms with Gasteiger partial charge in [-0.1, -0.05) is 213 Å². The smallest absolute Gasteiger partial charge is 0.388 e. The van der Waals surface area contributed by atoms with E-state index in [1.807, 2.05) is 0 Å². The van der Waals surface area contributed by atoms with Crippen LogP contribution in [0, 0.1) is 0 Å². The van der Waals surface area contributed by atoms with E-state index in [1.54, 1.807) is 7.11 Å². The first-order valence-corrected chi connectivity index (χ1v) is 36.4. The third-order valence-electron chi connectivity index (χ3n) is 16.5. The molecular weight excluding hydrogens is 1140 g/mol. The van der Waals surface area contributed by atoms with Gasteiger partial charge in [-0.25, -0.2) is 9.13 Å². The molecule has 2 amide bonds. The molecule has 2 rings (SSSR count). The van der Waals surface area contributed by atoms with Crippen molar-refractivity contribution in [1.82, 2.24) is 10.6 Å². The largest absolute Gasteiger partial charge is 0.470 e. The number of nitrogens with one attached hydrogen (secondary N) is 2. The van der Waals surface area contributed by atoms with Gasteiger partial charge >= 0.3 is 16.5 Å². The van der Waals surface area contributed by atoms with Crippen LogP contribution in [-0.4, -0.2) is 141 Å². The number of carbonyl (C=O) groups excluding carboxylic acids is 3. The summed E-state index contributed by atoms with van der Waals surface area (Å²) in [5.41, 5.74) is 0. The summed E-state index contributed by atoms with van der Waals surface area (Å²) >= 11 is 0. The van der Waals surface area contributed by atoms with E-state index in [9.17, 15) is 38.4 Å². The van der Waals surface area contributed by atoms with Crippen LogP contribution >= 0.6 is 16.5 Å². The Morgan fingerprint density at radius 1 is 0.535 bits per heavy atom. The standard InChI is InChI=1S/C65H122N2O17P2/c1-7-11-15-19-22-25-26-27-28-29-30-31-33-37-41-45-56(69)66-59-63(79-48-46-53(77-6)44-40-35-18-14-10-4)61(84-86(73,74)75)55(50-76-5)82-64(59)80-51-54-60(71)62(78-47-42-38-34-24-21-17-13-9-3)58(65(81-54)83-85-72)67-57(70)49-52(68)43-39-36-32-23-20-16-12-8-2/h25-26,53-55,58-65,71H,7-24,27-51H2,1-6H3,(H,66,69)(H,67,70)(H2,73,74,75)/b26-25-/t53-,54?,55?,58-,59-,60-,61-,62?,63-,64?,65-/m1/s1. The van der Waals surface area contributed by atoms with Crippen LogP contribution < -0.4 is 10.6 Å². The summed E-state index contributed by atoms with van der Waals surface area (Å²) in [4.78, 5) is 61.5. The Morgan fingerprint density at radius 3 is 1.56 bits per heavy atom. The Kier molecular flexibility index (Phi) is 49.3. The van der Waals surface area contributed by atoms with E-state index in [-0.39, 0.29) is 50.5 Å². The lowest BCUT2D eigenvalue weighted by Crippen LogP contribution is -2.67. The summed E-state index contributed by atoms with van der Waals surface area (Å²) in [5.74, 6) is -1.22. The van der Waals surface area contributed by atoms with Gasteiger partial charge in [0, 0.05) is 40.3 Å². The van der Waals surface area contributed by atoms with Gasteiger partial charge in [-0.2, -0.15) is 0 Å². The summed E-state index contributed by atoms with van der Waals surface area (Å²) in [5, 5.41) is 18.1. The molecule has 2 saturated heterocycles. The number of phosphoric ester groups is 1. The first-order chi connectivity index (χ1) is 41.8. The van der Waals surface area contributed by atoms with Crippen molar-refractivity contribution < 1.29 is 80.6 Å². The normalized spacial score (nSPS) is 23.1. The number of allylic oxidation sites excluding steroid dienone is 2. The second-order valence-electron chi connectivity index (χ2n) is 24.1. The second-order valence-corrected chi connectivity index (χ2v) is 25.6. The van der Waals surface area contributed by atoms with Gasteiger partial charge in [0.15, 0.2) is 12.6 Å². The van der Waals surface area contributed by atoms with Crippen LogP contribution in [0.1, 0.15) is 278 Å². The Labute approximate surface area is 521 Å². The zero-order chi connectivity index (χ0) is 62.9. The lowest BCUT2D eigenvalue weighted by Gasteiger charge is -2.47. The maximum absolute atomic E-state index is 14.1. The molecule has 0 radical (unpaired) electrons. The maximum Gasteiger partial charge on any atom is 0.470 e. The molecule has 504 valence electrons. The van der Waals surface area contributed by atoms with Crippen molar-refractivity contribution in [2.24, 2.45) is 0 Å². The third-order valence-corrected chi connectivity index (χ3v) is 17.3. The van der Waals surface area contributed by atoms with Crippen LogP contribution in [0.25, 0.3) is 0 Å². The lowest BCUT2D eigenvalue weighted by atomic mass is 9.95. The minimum Gasteiger partial charge on any atom is -0.388 e. The number of rotatable bonds is 58. The molecule has 0 aromatic heterocycles. The van der Waals surface area contributed by atoms with Crippen LogP contribution in [0.3, 0.4) is 0 Å². The molecule has 0 aromatic rings. The number of methoxy groups -OCH3 is 2. The predicted molar refractivity (Wildman–Crippen MR) is 338 cm³/mol. The average molecular weight is 1270 g/mol. The van der Waals surface area contributed by atoms with E-state index in [1.165, 1.54) is 71.3 Å². The van der Waals surface area contributed by atoms with E-state index in [0.29, 0.717) is 25.7 Å². The second kappa shape index (κ2) is 52.8. The van der Waals surface area contributed by atoms with Gasteiger partial charge in [0.1, 0.15) is 54.5 Å². The van der Waals surface area contributed by atoms with Crippen LogP contribution in [0.2, 0.25) is 0 Å². The number of phosphoric acid groups is 1. The van der Waals surface area contributed by atoms with Gasteiger partial charge in [-0.05, 0) is 57.8 Å². The van der Waals surface area contributed by atoms with Gasteiger partial charge in [0.2, 0.25) is 11.8 Å². The molecule has 0 saturated carbocycles. The van der Waals surface area contributed by atoms with Crippen molar-refractivity contribution >= 4 is 34.1 Å². The molecule has 2 heterocycles. The summed E-state index contributed by atoms with van der Waals surface area (Å²) < 4.78 is 79.6. The van der Waals surface area contributed by atoms with Gasteiger partial charge in [-0.15, -0.1) is 0 Å². The van der Waals surface area contributed by atoms with Crippen molar-refractivity contribution in [3.63, 3.8) is 0 Å². The Morgan fingerprint density at radius 2 is 1.01 bits per heavy atom. The summed E-state index contributed by atoms with van der Waals surface area (Å²) in [7, 11) is -2.98. The number of aliphatic hydroxyl groups is 1. The Bertz CT molecular complexity index is 1770. The van der Waals surface area contributed by atoms with Gasteiger partial charge in [0.25, 0.3) is 0 Å². The highest BCUT2D eigenvalue weighted by Crippen LogP contribution is 2.43. The number of amides is 2. The van der Waals surface area contributed by atoms with E-state index in [4.69, 9.17) is 42.2 Å². The van der Waals surface area contributed by atoms with Gasteiger partial charge in [-0.3, -0.25) is 23.4 Å². The Balaban J connectivity index is 2.40. The van der Waals surface area contributed by atoms with Gasteiger partial charge in [0.05, 0.1) is 25.7 Å². The monoisotopic (exact) mass is 1260 g/mol. The zero-order valence-electron chi connectivity index (χ0n) is 54.4. The molecule has 2 fully saturated rings. The van der Waals surface area contributed by atoms with Gasteiger partial charge < -0.3 is 58.7 Å². The van der Waals surface area contributed by atoms with Crippen LogP contribution in [-0.2, 0) is 65.7 Å². The molecule has 4 unspecified atom stereocenters. The molecule has 2 aliphatic heterocycles. The molecule has 0 bridgehead atoms. The number of hydrogen-bond acceptors (Lipinski definition) is 15. The molecule has 0 aliphatic carbocycles. The number of aliphatic hydroxyl groups excluding tert-OH is 1. The van der Waals surface area contributed by atoms with Crippen molar-refractivity contribution in [2.45, 2.75) is 345 Å². The number of Topliss-reactive ketones (excluding diaryl/α,β-unsaturated/α-hetero) is 1. The van der Waals surface area contributed by atoms with Crippen molar-refractivity contribution in [1.29, 1.82) is 0 Å². The minimum atomic E-state index is -5.22. The average Bonchev–Trinajstić information content (AvgIpc) is 1.13. The number of ether oxygens (including phenoxy) is 7. The molecule has 5 N–H and O–H groups in total. The van der Waals surface area contributed by atoms with Crippen molar-refractivity contribution in [2.75, 3.05) is 40.6 Å². The number of hydrogen-bond donors (Lipinski definition) is 5. The third kappa shape index (κ3) is 38.1. The maximum atomic E-state index is 14.1. The number of unbranched alkanes of at least 4 members (excludes halogenated alkanes) is 29. The summed E-state index contributed by atoms with van der Waals surface area (Å²) in [6, 6.07) is -2.43. The van der Waals surface area contributed by atoms with E-state index in [2.05, 4.69) is 50.5 Å². The van der Waals surface area contributed by atoms with E-state index >= 15 is 0 Å². The molecule has 21 heteroatoms. The molecule has 19 nitrogen and oxygen atoms in total. The molecule has 0 spiro atoms. The highest BCUT2D eigenvalue weighted by Gasteiger charge is 2.53. The Hall–Kier alpha value is -1.80. The molecule has 86 heavy (non-hydrogen) atoms. The fourth-order valence-electron chi connectivity index (χ4n) is 11.4. The molecule has 0 aromatic carbocycles. The van der Waals surface area contributed by atoms with E-state index in [0.717, 1.165) is 141 Å². The quantitative estimate of drug-likeness (QED) is 0.0164. The van der Waals surface area contributed by atoms with Crippen molar-refractivity contribution in [3.8, 4) is 0 Å². The predicted octanol–water partition coefficient (Wildman–Crippen LogP) is 14.3. The lowest BCUT2D eigenvalue weighted by molar-refractivity contribution is -0.299. The first-order valence-electron chi connectivity index (χ1n) is 34.1. The number of ketones is 1. The fourth-order valence-corrected chi connectivity index (χ4v) is 12.3. The summed E-state index contributed by atoms with van der Waals surface area (Å²) in [6.45, 7) is 8.35. The van der Waals surface area contributed by atoms with Crippen molar-refractivity contribution in [3.05, 3.63) is 12.2 Å². The number of carbonyl (C=O) groups is 3. The molecular formula is C65H122N2O17P2. The molecule has 11 atom stereocenters. The van der Waals surface area contributed by atoms with E-state index < -0.39 is 96.7 Å². The summed E-state index contributed by atoms with van der Waals surface area (Å²) in [6.07, 6.45) is 31.2. The molecule has 2 aliphatic rings.